The Morgan fingerprint density at radius 1 is 1.10 bits per heavy atom. The van der Waals surface area contributed by atoms with E-state index in [1.807, 2.05) is 0 Å². The third kappa shape index (κ3) is 3.28. The number of aryl methyl sites for hydroxylation is 1. The van der Waals surface area contributed by atoms with Crippen LogP contribution in [-0.4, -0.2) is 16.1 Å². The Balaban J connectivity index is 2.15. The second kappa shape index (κ2) is 5.78. The number of hydrogen-bond donors (Lipinski definition) is 3. The predicted molar refractivity (Wildman–Crippen MR) is 79.2 cm³/mol. The standard InChI is InChI=1S/C15H16FN3O2/c1-8-9(2)14(17-10(3)13(8)20)19-15(21)18-12-6-4-11(16)5-7-12/h4-7,20H,1-3H3,(H2,17,18,19,21). The van der Waals surface area contributed by atoms with Crippen molar-refractivity contribution >= 4 is 17.5 Å². The van der Waals surface area contributed by atoms with Gasteiger partial charge in [-0.15, -0.1) is 0 Å². The number of amides is 2. The molecule has 5 nitrogen and oxygen atoms in total. The van der Waals surface area contributed by atoms with Gasteiger partial charge in [0.1, 0.15) is 17.4 Å². The summed E-state index contributed by atoms with van der Waals surface area (Å²) < 4.78 is 12.8. The number of nitrogens with zero attached hydrogens (tertiary/aromatic N) is 1. The van der Waals surface area contributed by atoms with E-state index in [4.69, 9.17) is 0 Å². The van der Waals surface area contributed by atoms with Crippen molar-refractivity contribution in [3.63, 3.8) is 0 Å². The highest BCUT2D eigenvalue weighted by atomic mass is 19.1. The van der Waals surface area contributed by atoms with Crippen LogP contribution in [0.3, 0.4) is 0 Å². The minimum Gasteiger partial charge on any atom is -0.506 e. The van der Waals surface area contributed by atoms with E-state index in [0.717, 1.165) is 0 Å². The summed E-state index contributed by atoms with van der Waals surface area (Å²) in [7, 11) is 0. The summed E-state index contributed by atoms with van der Waals surface area (Å²) >= 11 is 0. The maximum absolute atomic E-state index is 12.8. The van der Waals surface area contributed by atoms with Gasteiger partial charge >= 0.3 is 6.03 Å². The molecule has 2 amide bonds. The monoisotopic (exact) mass is 289 g/mol. The molecule has 0 unspecified atom stereocenters. The molecule has 2 aromatic rings. The number of rotatable bonds is 2. The highest BCUT2D eigenvalue weighted by molar-refractivity contribution is 5.99. The number of anilines is 2. The van der Waals surface area contributed by atoms with Crippen molar-refractivity contribution in [2.75, 3.05) is 10.6 Å². The van der Waals surface area contributed by atoms with E-state index in [9.17, 15) is 14.3 Å². The van der Waals surface area contributed by atoms with Crippen molar-refractivity contribution in [3.05, 3.63) is 46.9 Å². The number of nitrogens with one attached hydrogen (secondary N) is 2. The lowest BCUT2D eigenvalue weighted by Crippen LogP contribution is -2.21. The number of aromatic nitrogens is 1. The summed E-state index contributed by atoms with van der Waals surface area (Å²) in [5.74, 6) is 0.127. The van der Waals surface area contributed by atoms with Gasteiger partial charge in [0, 0.05) is 5.69 Å². The smallest absolute Gasteiger partial charge is 0.324 e. The average molecular weight is 289 g/mol. The molecule has 2 rings (SSSR count). The predicted octanol–water partition coefficient (Wildman–Crippen LogP) is 3.50. The first-order chi connectivity index (χ1) is 9.88. The van der Waals surface area contributed by atoms with Crippen molar-refractivity contribution in [3.8, 4) is 5.75 Å². The molecule has 6 heteroatoms. The summed E-state index contributed by atoms with van der Waals surface area (Å²) in [6.45, 7) is 5.17. The molecule has 1 aromatic heterocycles. The Labute approximate surface area is 121 Å². The number of benzene rings is 1. The Morgan fingerprint density at radius 3 is 2.33 bits per heavy atom. The van der Waals surface area contributed by atoms with Gasteiger partial charge in [0.2, 0.25) is 0 Å². The quantitative estimate of drug-likeness (QED) is 0.792. The van der Waals surface area contributed by atoms with Gasteiger partial charge in [0.05, 0.1) is 5.69 Å². The molecule has 1 heterocycles. The first kappa shape index (κ1) is 14.8. The molecule has 0 fully saturated rings. The molecule has 0 aliphatic heterocycles. The summed E-state index contributed by atoms with van der Waals surface area (Å²) in [4.78, 5) is 16.1. The lowest BCUT2D eigenvalue weighted by atomic mass is 10.1. The van der Waals surface area contributed by atoms with Crippen molar-refractivity contribution in [1.82, 2.24) is 4.98 Å². The molecular weight excluding hydrogens is 273 g/mol. The first-order valence-electron chi connectivity index (χ1n) is 6.39. The van der Waals surface area contributed by atoms with Gasteiger partial charge in [-0.3, -0.25) is 5.32 Å². The second-order valence-electron chi connectivity index (χ2n) is 4.73. The fourth-order valence-electron chi connectivity index (χ4n) is 1.86. The lowest BCUT2D eigenvalue weighted by molar-refractivity contribution is 0.262. The second-order valence-corrected chi connectivity index (χ2v) is 4.73. The Morgan fingerprint density at radius 2 is 1.71 bits per heavy atom. The lowest BCUT2D eigenvalue weighted by Gasteiger charge is -2.13. The molecule has 0 aliphatic carbocycles. The van der Waals surface area contributed by atoms with Crippen LogP contribution in [0.2, 0.25) is 0 Å². The summed E-state index contributed by atoms with van der Waals surface area (Å²) in [6, 6.07) is 4.95. The highest BCUT2D eigenvalue weighted by Crippen LogP contribution is 2.27. The first-order valence-corrected chi connectivity index (χ1v) is 6.39. The number of carbonyl (C=O) groups excluding carboxylic acids is 1. The van der Waals surface area contributed by atoms with Crippen LogP contribution in [0.4, 0.5) is 20.7 Å². The molecule has 0 bridgehead atoms. The molecule has 0 saturated carbocycles. The third-order valence-corrected chi connectivity index (χ3v) is 3.23. The molecule has 3 N–H and O–H groups in total. The molecule has 21 heavy (non-hydrogen) atoms. The van der Waals surface area contributed by atoms with Crippen LogP contribution in [0.25, 0.3) is 0 Å². The van der Waals surface area contributed by atoms with Crippen molar-refractivity contribution in [2.24, 2.45) is 0 Å². The zero-order valence-corrected chi connectivity index (χ0v) is 12.0. The number of carbonyl (C=O) groups is 1. The number of hydrogen-bond acceptors (Lipinski definition) is 3. The van der Waals surface area contributed by atoms with E-state index in [0.29, 0.717) is 28.3 Å². The maximum atomic E-state index is 12.8. The maximum Gasteiger partial charge on any atom is 0.324 e. The van der Waals surface area contributed by atoms with Gasteiger partial charge < -0.3 is 10.4 Å². The van der Waals surface area contributed by atoms with Gasteiger partial charge in [-0.1, -0.05) is 0 Å². The van der Waals surface area contributed by atoms with Gasteiger partial charge in [-0.2, -0.15) is 0 Å². The Hall–Kier alpha value is -2.63. The van der Waals surface area contributed by atoms with Gasteiger partial charge in [0.15, 0.2) is 0 Å². The minimum absolute atomic E-state index is 0.122. The van der Waals surface area contributed by atoms with Crippen LogP contribution in [0.15, 0.2) is 24.3 Å². The Bertz CT molecular complexity index is 684. The summed E-state index contributed by atoms with van der Waals surface area (Å²) in [6.07, 6.45) is 0. The molecule has 0 radical (unpaired) electrons. The molecule has 0 atom stereocenters. The normalized spacial score (nSPS) is 10.3. The van der Waals surface area contributed by atoms with E-state index >= 15 is 0 Å². The van der Waals surface area contributed by atoms with E-state index in [1.54, 1.807) is 20.8 Å². The number of halogens is 1. The van der Waals surface area contributed by atoms with Crippen LogP contribution in [0, 0.1) is 26.6 Å². The molecule has 0 saturated heterocycles. The Kier molecular flexibility index (Phi) is 4.07. The zero-order chi connectivity index (χ0) is 15.6. The largest absolute Gasteiger partial charge is 0.506 e. The average Bonchev–Trinajstić information content (AvgIpc) is 2.45. The number of pyridine rings is 1. The highest BCUT2D eigenvalue weighted by Gasteiger charge is 2.13. The van der Waals surface area contributed by atoms with Gasteiger partial charge in [-0.25, -0.2) is 14.2 Å². The summed E-state index contributed by atoms with van der Waals surface area (Å²) in [5.41, 5.74) is 2.26. The van der Waals surface area contributed by atoms with Crippen LogP contribution in [0.5, 0.6) is 5.75 Å². The zero-order valence-electron chi connectivity index (χ0n) is 12.0. The van der Waals surface area contributed by atoms with Crippen molar-refractivity contribution in [2.45, 2.75) is 20.8 Å². The number of aromatic hydroxyl groups is 1. The SMILES string of the molecule is Cc1nc(NC(=O)Nc2ccc(F)cc2)c(C)c(C)c1O. The van der Waals surface area contributed by atoms with Crippen LogP contribution in [0.1, 0.15) is 16.8 Å². The van der Waals surface area contributed by atoms with Crippen molar-refractivity contribution < 1.29 is 14.3 Å². The molecule has 0 spiro atoms. The van der Waals surface area contributed by atoms with E-state index in [2.05, 4.69) is 15.6 Å². The fourth-order valence-corrected chi connectivity index (χ4v) is 1.86. The fraction of sp³-hybridized carbons (Fsp3) is 0.200. The van der Waals surface area contributed by atoms with Gasteiger partial charge in [0.25, 0.3) is 0 Å². The molecule has 0 aliphatic rings. The van der Waals surface area contributed by atoms with E-state index in [1.165, 1.54) is 24.3 Å². The number of urea groups is 1. The minimum atomic E-state index is -0.485. The van der Waals surface area contributed by atoms with Crippen LogP contribution < -0.4 is 10.6 Å². The molecule has 110 valence electrons. The third-order valence-electron chi connectivity index (χ3n) is 3.23. The van der Waals surface area contributed by atoms with Crippen molar-refractivity contribution in [1.29, 1.82) is 0 Å². The molecular formula is C15H16FN3O2. The van der Waals surface area contributed by atoms with E-state index < -0.39 is 6.03 Å². The van der Waals surface area contributed by atoms with Gasteiger partial charge in [-0.05, 0) is 56.2 Å². The topological polar surface area (TPSA) is 74.2 Å². The van der Waals surface area contributed by atoms with E-state index in [-0.39, 0.29) is 11.6 Å². The molecule has 1 aromatic carbocycles. The van der Waals surface area contributed by atoms with Crippen LogP contribution in [-0.2, 0) is 0 Å². The summed E-state index contributed by atoms with van der Waals surface area (Å²) in [5, 5.41) is 15.0. The van der Waals surface area contributed by atoms with Crippen LogP contribution >= 0.6 is 0 Å².